The lowest BCUT2D eigenvalue weighted by molar-refractivity contribution is 0.403. The molecule has 1 heterocycles. The van der Waals surface area contributed by atoms with Gasteiger partial charge in [0.05, 0.1) is 0 Å². The third kappa shape index (κ3) is 1.73. The van der Waals surface area contributed by atoms with Gasteiger partial charge in [-0.3, -0.25) is 0 Å². The minimum atomic E-state index is 0.633. The molecule has 4 heteroatoms. The normalized spacial score (nSPS) is 10.4. The van der Waals surface area contributed by atoms with Gasteiger partial charge in [0.1, 0.15) is 5.69 Å². The van der Waals surface area contributed by atoms with Crippen LogP contribution in [0.3, 0.4) is 0 Å². The molecule has 2 N–H and O–H groups in total. The summed E-state index contributed by atoms with van der Waals surface area (Å²) in [6.07, 6.45) is 0. The molecule has 3 aromatic rings. The zero-order valence-corrected chi connectivity index (χ0v) is 9.58. The highest BCUT2D eigenvalue weighted by molar-refractivity contribution is 5.82. The third-order valence-electron chi connectivity index (χ3n) is 2.74. The minimum Gasteiger partial charge on any atom is -0.398 e. The quantitative estimate of drug-likeness (QED) is 0.696. The van der Waals surface area contributed by atoms with E-state index in [1.807, 2.05) is 54.6 Å². The molecule has 0 aliphatic carbocycles. The zero-order chi connectivity index (χ0) is 12.4. The van der Waals surface area contributed by atoms with Crippen LogP contribution >= 0.6 is 0 Å². The molecule has 0 amide bonds. The van der Waals surface area contributed by atoms with Gasteiger partial charge >= 0.3 is 0 Å². The second-order valence-electron chi connectivity index (χ2n) is 3.90. The van der Waals surface area contributed by atoms with Gasteiger partial charge in [0.15, 0.2) is 5.76 Å². The molecule has 0 spiro atoms. The van der Waals surface area contributed by atoms with E-state index in [9.17, 15) is 0 Å². The first kappa shape index (κ1) is 10.5. The van der Waals surface area contributed by atoms with E-state index in [4.69, 9.17) is 10.3 Å². The lowest BCUT2D eigenvalue weighted by Crippen LogP contribution is -1.90. The van der Waals surface area contributed by atoms with Crippen LogP contribution in [0.4, 0.5) is 5.69 Å². The summed E-state index contributed by atoms with van der Waals surface area (Å²) in [5.74, 6) is 0.633. The highest BCUT2D eigenvalue weighted by Crippen LogP contribution is 2.32. The number of nitrogen functional groups attached to an aromatic ring is 1. The van der Waals surface area contributed by atoms with E-state index < -0.39 is 0 Å². The molecule has 88 valence electrons. The molecule has 18 heavy (non-hydrogen) atoms. The Kier molecular flexibility index (Phi) is 2.53. The summed E-state index contributed by atoms with van der Waals surface area (Å²) < 4.78 is 5.24. The average molecular weight is 237 g/mol. The average Bonchev–Trinajstić information content (AvgIpc) is 2.89. The number of para-hydroxylation sites is 1. The fourth-order valence-corrected chi connectivity index (χ4v) is 1.86. The molecule has 0 radical (unpaired) electrons. The van der Waals surface area contributed by atoms with Gasteiger partial charge in [-0.2, -0.15) is 0 Å². The summed E-state index contributed by atoms with van der Waals surface area (Å²) in [6.45, 7) is 0. The van der Waals surface area contributed by atoms with Crippen molar-refractivity contribution in [2.45, 2.75) is 0 Å². The van der Waals surface area contributed by atoms with E-state index >= 15 is 0 Å². The van der Waals surface area contributed by atoms with Crippen molar-refractivity contribution < 1.29 is 4.52 Å². The summed E-state index contributed by atoms with van der Waals surface area (Å²) in [4.78, 5) is 0. The topological polar surface area (TPSA) is 64.9 Å². The van der Waals surface area contributed by atoms with Crippen molar-refractivity contribution in [2.24, 2.45) is 0 Å². The van der Waals surface area contributed by atoms with Crippen molar-refractivity contribution in [1.29, 1.82) is 0 Å². The van der Waals surface area contributed by atoms with Gasteiger partial charge in [0.25, 0.3) is 0 Å². The van der Waals surface area contributed by atoms with Crippen molar-refractivity contribution in [1.82, 2.24) is 10.4 Å². The Morgan fingerprint density at radius 3 is 2.39 bits per heavy atom. The summed E-state index contributed by atoms with van der Waals surface area (Å²) in [6, 6.07) is 17.3. The second kappa shape index (κ2) is 4.33. The maximum atomic E-state index is 5.95. The lowest BCUT2D eigenvalue weighted by atomic mass is 10.0. The summed E-state index contributed by atoms with van der Waals surface area (Å²) in [5.41, 5.74) is 9.04. The van der Waals surface area contributed by atoms with Crippen LogP contribution in [-0.4, -0.2) is 10.4 Å². The second-order valence-corrected chi connectivity index (χ2v) is 3.90. The smallest absolute Gasteiger partial charge is 0.195 e. The number of hydrogen-bond acceptors (Lipinski definition) is 4. The number of rotatable bonds is 2. The van der Waals surface area contributed by atoms with E-state index in [0.717, 1.165) is 11.1 Å². The van der Waals surface area contributed by atoms with Crippen LogP contribution in [-0.2, 0) is 0 Å². The molecule has 0 aliphatic rings. The number of benzene rings is 2. The molecular formula is C14H11N3O. The molecule has 0 aliphatic heterocycles. The van der Waals surface area contributed by atoms with Gasteiger partial charge in [-0.1, -0.05) is 48.5 Å². The van der Waals surface area contributed by atoms with Crippen molar-refractivity contribution in [2.75, 3.05) is 5.73 Å². The van der Waals surface area contributed by atoms with Crippen molar-refractivity contribution in [3.05, 3.63) is 54.6 Å². The highest BCUT2D eigenvalue weighted by Gasteiger charge is 2.15. The standard InChI is InChI=1S/C14H11N3O/c15-12-9-5-4-8-11(12)13-14(18-17-16-13)10-6-2-1-3-7-10/h1-9H,15H2. The van der Waals surface area contributed by atoms with E-state index in [-0.39, 0.29) is 0 Å². The summed E-state index contributed by atoms with van der Waals surface area (Å²) in [5, 5.41) is 7.66. The first-order valence-corrected chi connectivity index (χ1v) is 5.59. The lowest BCUT2D eigenvalue weighted by Gasteiger charge is -2.02. The first-order valence-electron chi connectivity index (χ1n) is 5.59. The number of nitrogens with two attached hydrogens (primary N) is 1. The van der Waals surface area contributed by atoms with E-state index in [1.165, 1.54) is 0 Å². The molecule has 0 unspecified atom stereocenters. The highest BCUT2D eigenvalue weighted by atomic mass is 16.5. The fourth-order valence-electron chi connectivity index (χ4n) is 1.86. The molecule has 0 atom stereocenters. The van der Waals surface area contributed by atoms with Crippen molar-refractivity contribution >= 4 is 5.69 Å². The number of nitrogens with zero attached hydrogens (tertiary/aromatic N) is 2. The Bertz CT molecular complexity index is 662. The van der Waals surface area contributed by atoms with Crippen molar-refractivity contribution in [3.8, 4) is 22.6 Å². The number of anilines is 1. The molecular weight excluding hydrogens is 226 g/mol. The van der Waals surface area contributed by atoms with E-state index in [0.29, 0.717) is 17.1 Å². The van der Waals surface area contributed by atoms with Gasteiger partial charge < -0.3 is 10.3 Å². The molecule has 4 nitrogen and oxygen atoms in total. The van der Waals surface area contributed by atoms with Crippen LogP contribution in [0.5, 0.6) is 0 Å². The Morgan fingerprint density at radius 2 is 1.61 bits per heavy atom. The molecule has 0 saturated heterocycles. The first-order chi connectivity index (χ1) is 8.86. The van der Waals surface area contributed by atoms with Crippen LogP contribution in [0, 0.1) is 0 Å². The maximum Gasteiger partial charge on any atom is 0.195 e. The Morgan fingerprint density at radius 1 is 0.889 bits per heavy atom. The molecule has 1 aromatic heterocycles. The molecule has 2 aromatic carbocycles. The monoisotopic (exact) mass is 237 g/mol. The van der Waals surface area contributed by atoms with Crippen LogP contribution in [0.2, 0.25) is 0 Å². The zero-order valence-electron chi connectivity index (χ0n) is 9.58. The Labute approximate surface area is 104 Å². The number of hydrogen-bond donors (Lipinski definition) is 1. The van der Waals surface area contributed by atoms with E-state index in [1.54, 1.807) is 0 Å². The van der Waals surface area contributed by atoms with Gasteiger partial charge in [-0.25, -0.2) is 0 Å². The molecule has 0 saturated carbocycles. The van der Waals surface area contributed by atoms with Gasteiger partial charge in [-0.05, 0) is 6.07 Å². The molecule has 0 fully saturated rings. The predicted molar refractivity (Wildman–Crippen MR) is 69.6 cm³/mol. The van der Waals surface area contributed by atoms with E-state index in [2.05, 4.69) is 10.4 Å². The van der Waals surface area contributed by atoms with Crippen LogP contribution in [0.1, 0.15) is 0 Å². The van der Waals surface area contributed by atoms with Crippen LogP contribution in [0.25, 0.3) is 22.6 Å². The van der Waals surface area contributed by atoms with Gasteiger partial charge in [-0.15, -0.1) is 5.10 Å². The summed E-state index contributed by atoms with van der Waals surface area (Å²) >= 11 is 0. The van der Waals surface area contributed by atoms with Crippen LogP contribution < -0.4 is 5.73 Å². The Balaban J connectivity index is 2.16. The molecule has 3 rings (SSSR count). The third-order valence-corrected chi connectivity index (χ3v) is 2.74. The Hall–Kier alpha value is -2.62. The maximum absolute atomic E-state index is 5.95. The largest absolute Gasteiger partial charge is 0.398 e. The van der Waals surface area contributed by atoms with Gasteiger partial charge in [0.2, 0.25) is 0 Å². The van der Waals surface area contributed by atoms with Gasteiger partial charge in [0, 0.05) is 22.1 Å². The minimum absolute atomic E-state index is 0.633. The fraction of sp³-hybridized carbons (Fsp3) is 0. The molecule has 0 bridgehead atoms. The predicted octanol–water partition coefficient (Wildman–Crippen LogP) is 2.99. The van der Waals surface area contributed by atoms with Crippen LogP contribution in [0.15, 0.2) is 59.1 Å². The van der Waals surface area contributed by atoms with Crippen molar-refractivity contribution in [3.63, 3.8) is 0 Å². The SMILES string of the molecule is Nc1ccccc1-c1nnoc1-c1ccccc1. The number of aromatic nitrogens is 2. The summed E-state index contributed by atoms with van der Waals surface area (Å²) in [7, 11) is 0.